The van der Waals surface area contributed by atoms with Crippen molar-refractivity contribution < 1.29 is 0 Å². The molecule has 0 aliphatic heterocycles. The van der Waals surface area contributed by atoms with E-state index in [0.29, 0.717) is 11.3 Å². The number of fused-ring (bicyclic) bond motifs is 1. The Balaban J connectivity index is 2.27. The summed E-state index contributed by atoms with van der Waals surface area (Å²) < 4.78 is 2.96. The summed E-state index contributed by atoms with van der Waals surface area (Å²) in [5.41, 5.74) is 9.37. The fourth-order valence-electron chi connectivity index (χ4n) is 1.96. The third kappa shape index (κ3) is 1.76. The summed E-state index contributed by atoms with van der Waals surface area (Å²) in [6.07, 6.45) is 1.99. The Morgan fingerprint density at radius 1 is 1.17 bits per heavy atom. The monoisotopic (exact) mass is 302 g/mol. The molecule has 2 N–H and O–H groups in total. The van der Waals surface area contributed by atoms with Crippen LogP contribution in [-0.4, -0.2) is 14.6 Å². The van der Waals surface area contributed by atoms with E-state index < -0.39 is 0 Å². The average molecular weight is 303 g/mol. The lowest BCUT2D eigenvalue weighted by Crippen LogP contribution is -1.95. The van der Waals surface area contributed by atoms with E-state index in [0.717, 1.165) is 21.4 Å². The molecule has 0 spiro atoms. The molecule has 3 rings (SSSR count). The molecule has 2 aromatic heterocycles. The maximum atomic E-state index is 5.94. The lowest BCUT2D eigenvalue weighted by molar-refractivity contribution is 1.11. The predicted octanol–water partition coefficient (Wildman–Crippen LogP) is 3.05. The van der Waals surface area contributed by atoms with Gasteiger partial charge in [0, 0.05) is 16.2 Å². The second kappa shape index (κ2) is 4.10. The smallest absolute Gasteiger partial charge is 0.184 e. The molecule has 0 aliphatic rings. The van der Waals surface area contributed by atoms with Gasteiger partial charge in [-0.1, -0.05) is 28.1 Å². The summed E-state index contributed by atoms with van der Waals surface area (Å²) in [6.45, 7) is 2.00. The minimum atomic E-state index is 0.644. The average Bonchev–Trinajstić information content (AvgIpc) is 2.74. The summed E-state index contributed by atoms with van der Waals surface area (Å²) in [5.74, 6) is 0.799. The Kier molecular flexibility index (Phi) is 2.56. The number of hydrogen-bond donors (Lipinski definition) is 1. The van der Waals surface area contributed by atoms with Crippen LogP contribution < -0.4 is 5.73 Å². The van der Waals surface area contributed by atoms with Crippen LogP contribution in [0.15, 0.2) is 41.0 Å². The first kappa shape index (κ1) is 11.2. The Morgan fingerprint density at radius 2 is 1.89 bits per heavy atom. The largest absolute Gasteiger partial charge is 0.396 e. The lowest BCUT2D eigenvalue weighted by atomic mass is 10.2. The van der Waals surface area contributed by atoms with Crippen LogP contribution in [0.2, 0.25) is 0 Å². The highest BCUT2D eigenvalue weighted by Crippen LogP contribution is 2.23. The molecule has 90 valence electrons. The molecule has 0 saturated heterocycles. The standard InChI is InChI=1S/C13H11BrN4/c1-8-6-11(15)13-17-16-12(18(13)7-8)9-2-4-10(14)5-3-9/h2-7H,15H2,1H3. The quantitative estimate of drug-likeness (QED) is 0.751. The van der Waals surface area contributed by atoms with Crippen molar-refractivity contribution in [2.75, 3.05) is 5.73 Å². The molecular formula is C13H11BrN4. The van der Waals surface area contributed by atoms with Gasteiger partial charge < -0.3 is 5.73 Å². The van der Waals surface area contributed by atoms with Crippen LogP contribution in [-0.2, 0) is 0 Å². The van der Waals surface area contributed by atoms with Gasteiger partial charge >= 0.3 is 0 Å². The molecule has 0 radical (unpaired) electrons. The minimum Gasteiger partial charge on any atom is -0.396 e. The Morgan fingerprint density at radius 3 is 2.61 bits per heavy atom. The molecule has 2 heterocycles. The van der Waals surface area contributed by atoms with Crippen molar-refractivity contribution in [2.24, 2.45) is 0 Å². The van der Waals surface area contributed by atoms with Crippen molar-refractivity contribution >= 4 is 27.3 Å². The second-order valence-electron chi connectivity index (χ2n) is 4.20. The van der Waals surface area contributed by atoms with Gasteiger partial charge in [0.15, 0.2) is 11.5 Å². The molecule has 3 aromatic rings. The van der Waals surface area contributed by atoms with Crippen LogP contribution >= 0.6 is 15.9 Å². The van der Waals surface area contributed by atoms with E-state index in [1.165, 1.54) is 0 Å². The predicted molar refractivity (Wildman–Crippen MR) is 75.3 cm³/mol. The summed E-state index contributed by atoms with van der Waals surface area (Å²) in [7, 11) is 0. The Labute approximate surface area is 113 Å². The first-order valence-electron chi connectivity index (χ1n) is 5.52. The van der Waals surface area contributed by atoms with Gasteiger partial charge in [-0.3, -0.25) is 4.40 Å². The number of anilines is 1. The van der Waals surface area contributed by atoms with E-state index in [4.69, 9.17) is 5.73 Å². The number of nitrogen functional groups attached to an aromatic ring is 1. The van der Waals surface area contributed by atoms with Crippen LogP contribution in [0, 0.1) is 6.92 Å². The molecule has 0 atom stereocenters. The number of benzene rings is 1. The van der Waals surface area contributed by atoms with Crippen molar-refractivity contribution in [3.05, 3.63) is 46.6 Å². The fourth-order valence-corrected chi connectivity index (χ4v) is 2.22. The van der Waals surface area contributed by atoms with Crippen molar-refractivity contribution in [2.45, 2.75) is 6.92 Å². The second-order valence-corrected chi connectivity index (χ2v) is 5.11. The van der Waals surface area contributed by atoms with Gasteiger partial charge in [0.25, 0.3) is 0 Å². The number of rotatable bonds is 1. The number of nitrogens with two attached hydrogens (primary N) is 1. The van der Waals surface area contributed by atoms with Crippen LogP contribution in [0.25, 0.3) is 17.0 Å². The first-order valence-corrected chi connectivity index (χ1v) is 6.31. The highest BCUT2D eigenvalue weighted by molar-refractivity contribution is 9.10. The van der Waals surface area contributed by atoms with Crippen LogP contribution in [0.5, 0.6) is 0 Å². The van der Waals surface area contributed by atoms with Crippen molar-refractivity contribution in [3.63, 3.8) is 0 Å². The van der Waals surface area contributed by atoms with E-state index in [2.05, 4.69) is 26.1 Å². The lowest BCUT2D eigenvalue weighted by Gasteiger charge is -2.03. The van der Waals surface area contributed by atoms with E-state index in [1.54, 1.807) is 0 Å². The van der Waals surface area contributed by atoms with Gasteiger partial charge in [-0.15, -0.1) is 10.2 Å². The molecule has 0 fully saturated rings. The first-order chi connectivity index (χ1) is 8.65. The van der Waals surface area contributed by atoms with Crippen LogP contribution in [0.1, 0.15) is 5.56 Å². The van der Waals surface area contributed by atoms with Crippen molar-refractivity contribution in [1.29, 1.82) is 0 Å². The molecule has 0 saturated carbocycles. The zero-order chi connectivity index (χ0) is 12.7. The topological polar surface area (TPSA) is 56.2 Å². The molecule has 0 bridgehead atoms. The number of nitrogens with zero attached hydrogens (tertiary/aromatic N) is 3. The SMILES string of the molecule is Cc1cc(N)c2nnc(-c3ccc(Br)cc3)n2c1. The van der Waals surface area contributed by atoms with Gasteiger partial charge in [-0.25, -0.2) is 0 Å². The van der Waals surface area contributed by atoms with E-state index in [9.17, 15) is 0 Å². The number of hydrogen-bond acceptors (Lipinski definition) is 3. The fraction of sp³-hybridized carbons (Fsp3) is 0.0769. The number of halogens is 1. The van der Waals surface area contributed by atoms with Gasteiger partial charge in [0.1, 0.15) is 0 Å². The molecule has 0 amide bonds. The molecule has 1 aromatic carbocycles. The van der Waals surface area contributed by atoms with E-state index in [1.807, 2.05) is 47.9 Å². The maximum absolute atomic E-state index is 5.94. The summed E-state index contributed by atoms with van der Waals surface area (Å²) in [5, 5.41) is 8.35. The van der Waals surface area contributed by atoms with Gasteiger partial charge in [0.05, 0.1) is 5.69 Å². The zero-order valence-electron chi connectivity index (χ0n) is 9.76. The molecular weight excluding hydrogens is 292 g/mol. The van der Waals surface area contributed by atoms with Crippen LogP contribution in [0.3, 0.4) is 0 Å². The Hall–Kier alpha value is -1.88. The molecule has 5 heteroatoms. The van der Waals surface area contributed by atoms with Crippen molar-refractivity contribution in [3.8, 4) is 11.4 Å². The highest BCUT2D eigenvalue weighted by Gasteiger charge is 2.10. The maximum Gasteiger partial charge on any atom is 0.184 e. The van der Waals surface area contributed by atoms with Gasteiger partial charge in [-0.05, 0) is 30.7 Å². The van der Waals surface area contributed by atoms with Crippen LogP contribution in [0.4, 0.5) is 5.69 Å². The minimum absolute atomic E-state index is 0.644. The van der Waals surface area contributed by atoms with Crippen molar-refractivity contribution in [1.82, 2.24) is 14.6 Å². The summed E-state index contributed by atoms with van der Waals surface area (Å²) in [6, 6.07) is 9.86. The van der Waals surface area contributed by atoms with E-state index in [-0.39, 0.29) is 0 Å². The summed E-state index contributed by atoms with van der Waals surface area (Å²) in [4.78, 5) is 0. The van der Waals surface area contributed by atoms with Gasteiger partial charge in [-0.2, -0.15) is 0 Å². The highest BCUT2D eigenvalue weighted by atomic mass is 79.9. The normalized spacial score (nSPS) is 11.0. The third-order valence-corrected chi connectivity index (χ3v) is 3.30. The third-order valence-electron chi connectivity index (χ3n) is 2.77. The molecule has 18 heavy (non-hydrogen) atoms. The van der Waals surface area contributed by atoms with Gasteiger partial charge in [0.2, 0.25) is 0 Å². The number of aromatic nitrogens is 3. The van der Waals surface area contributed by atoms with E-state index >= 15 is 0 Å². The Bertz CT molecular complexity index is 716. The molecule has 0 aliphatic carbocycles. The molecule has 4 nitrogen and oxygen atoms in total. The zero-order valence-corrected chi connectivity index (χ0v) is 11.3. The number of pyridine rings is 1. The molecule has 0 unspecified atom stereocenters. The summed E-state index contributed by atoms with van der Waals surface area (Å²) >= 11 is 3.42. The number of aryl methyl sites for hydroxylation is 1.